The first kappa shape index (κ1) is 15.7. The highest BCUT2D eigenvalue weighted by atomic mass is 35.5. The second-order valence-corrected chi connectivity index (χ2v) is 6.86. The number of nitrogens with two attached hydrogens (primary N) is 1. The van der Waals surface area contributed by atoms with Crippen LogP contribution < -0.4 is 5.73 Å². The van der Waals surface area contributed by atoms with E-state index in [0.717, 1.165) is 16.4 Å². The lowest BCUT2D eigenvalue weighted by Crippen LogP contribution is -2.28. The van der Waals surface area contributed by atoms with Crippen molar-refractivity contribution in [2.75, 3.05) is 12.8 Å². The van der Waals surface area contributed by atoms with E-state index in [1.165, 1.54) is 7.05 Å². The number of hydrogen-bond donors (Lipinski definition) is 2. The second kappa shape index (κ2) is 5.58. The minimum Gasteiger partial charge on any atom is -0.396 e. The number of rotatable bonds is 4. The molecular formula is C11H13ClFN5O2S. The molecule has 0 amide bonds. The monoisotopic (exact) mass is 333 g/mol. The normalized spacial score (nSPS) is 12.0. The minimum atomic E-state index is -4.10. The molecule has 0 saturated carbocycles. The molecule has 0 saturated heterocycles. The highest BCUT2D eigenvalue weighted by Crippen LogP contribution is 2.27. The molecule has 0 bridgehead atoms. The summed E-state index contributed by atoms with van der Waals surface area (Å²) >= 11 is 5.74. The van der Waals surface area contributed by atoms with Crippen LogP contribution in [-0.2, 0) is 16.6 Å². The van der Waals surface area contributed by atoms with Gasteiger partial charge in [-0.25, -0.2) is 17.8 Å². The first-order valence-corrected chi connectivity index (χ1v) is 7.62. The van der Waals surface area contributed by atoms with Gasteiger partial charge < -0.3 is 5.73 Å². The van der Waals surface area contributed by atoms with Gasteiger partial charge >= 0.3 is 0 Å². The van der Waals surface area contributed by atoms with Crippen LogP contribution in [0.2, 0.25) is 5.02 Å². The second-order valence-electron chi connectivity index (χ2n) is 4.41. The average Bonchev–Trinajstić information content (AvgIpc) is 2.79. The molecule has 2 rings (SSSR count). The van der Waals surface area contributed by atoms with Crippen molar-refractivity contribution in [3.8, 4) is 0 Å². The van der Waals surface area contributed by atoms with Gasteiger partial charge in [0.25, 0.3) is 0 Å². The van der Waals surface area contributed by atoms with Gasteiger partial charge in [0.05, 0.1) is 12.2 Å². The summed E-state index contributed by atoms with van der Waals surface area (Å²) in [4.78, 5) is 3.42. The number of nitrogens with zero attached hydrogens (tertiary/aromatic N) is 3. The lowest BCUT2D eigenvalue weighted by molar-refractivity contribution is 0.451. The Hall–Kier alpha value is -1.71. The van der Waals surface area contributed by atoms with Gasteiger partial charge in [0.1, 0.15) is 10.7 Å². The molecule has 3 N–H and O–H groups in total. The molecule has 0 aliphatic heterocycles. The van der Waals surface area contributed by atoms with E-state index in [1.807, 2.05) is 0 Å². The van der Waals surface area contributed by atoms with Crippen molar-refractivity contribution in [1.82, 2.24) is 19.5 Å². The molecule has 1 aromatic carbocycles. The fourth-order valence-electron chi connectivity index (χ4n) is 1.68. The fraction of sp³-hybridized carbons (Fsp3) is 0.273. The van der Waals surface area contributed by atoms with E-state index in [0.29, 0.717) is 5.82 Å². The van der Waals surface area contributed by atoms with E-state index < -0.39 is 20.7 Å². The van der Waals surface area contributed by atoms with Crippen molar-refractivity contribution in [2.24, 2.45) is 0 Å². The van der Waals surface area contributed by atoms with E-state index in [9.17, 15) is 12.8 Å². The molecule has 2 aromatic rings. The molecule has 1 heterocycles. The summed E-state index contributed by atoms with van der Waals surface area (Å²) in [6.45, 7) is 1.57. The number of H-pyrrole nitrogens is 1. The third-order valence-electron chi connectivity index (χ3n) is 2.73. The Morgan fingerprint density at radius 1 is 1.48 bits per heavy atom. The Balaban J connectivity index is 2.37. The minimum absolute atomic E-state index is 0.0367. The van der Waals surface area contributed by atoms with E-state index in [1.54, 1.807) is 6.92 Å². The van der Waals surface area contributed by atoms with Crippen LogP contribution in [-0.4, -0.2) is 35.0 Å². The molecule has 21 heavy (non-hydrogen) atoms. The molecule has 0 radical (unpaired) electrons. The SMILES string of the molecule is Cc1nc(CN(C)S(=O)(=O)c2cc(Cl)cc(N)c2F)n[nH]1. The summed E-state index contributed by atoms with van der Waals surface area (Å²) in [5.41, 5.74) is 5.07. The predicted molar refractivity (Wildman–Crippen MR) is 75.6 cm³/mol. The molecule has 0 fully saturated rings. The largest absolute Gasteiger partial charge is 0.396 e. The molecule has 0 unspecified atom stereocenters. The number of aromatic nitrogens is 3. The van der Waals surface area contributed by atoms with Crippen molar-refractivity contribution in [2.45, 2.75) is 18.4 Å². The van der Waals surface area contributed by atoms with Crippen LogP contribution in [0.4, 0.5) is 10.1 Å². The van der Waals surface area contributed by atoms with E-state index in [-0.39, 0.29) is 23.1 Å². The Kier molecular flexibility index (Phi) is 4.17. The topological polar surface area (TPSA) is 105 Å². The van der Waals surface area contributed by atoms with Crippen LogP contribution in [0.15, 0.2) is 17.0 Å². The van der Waals surface area contributed by atoms with Crippen LogP contribution in [0.1, 0.15) is 11.6 Å². The maximum Gasteiger partial charge on any atom is 0.246 e. The zero-order chi connectivity index (χ0) is 15.8. The van der Waals surface area contributed by atoms with E-state index >= 15 is 0 Å². The highest BCUT2D eigenvalue weighted by Gasteiger charge is 2.27. The summed E-state index contributed by atoms with van der Waals surface area (Å²) in [7, 11) is -2.81. The van der Waals surface area contributed by atoms with Gasteiger partial charge in [-0.2, -0.15) is 9.40 Å². The van der Waals surface area contributed by atoms with Crippen LogP contribution in [0.25, 0.3) is 0 Å². The number of hydrogen-bond acceptors (Lipinski definition) is 5. The number of nitrogens with one attached hydrogen (secondary N) is 1. The van der Waals surface area contributed by atoms with Gasteiger partial charge in [-0.15, -0.1) is 0 Å². The van der Waals surface area contributed by atoms with Crippen molar-refractivity contribution < 1.29 is 12.8 Å². The summed E-state index contributed by atoms with van der Waals surface area (Å²) < 4.78 is 39.6. The fourth-order valence-corrected chi connectivity index (χ4v) is 3.22. The molecule has 10 heteroatoms. The standard InChI is InChI=1S/C11H13ClFN5O2S/c1-6-15-10(17-16-6)5-18(2)21(19,20)9-4-7(12)3-8(14)11(9)13/h3-4H,5,14H2,1-2H3,(H,15,16,17). The number of nitrogen functional groups attached to an aromatic ring is 1. The molecule has 0 spiro atoms. The highest BCUT2D eigenvalue weighted by molar-refractivity contribution is 7.89. The van der Waals surface area contributed by atoms with Gasteiger partial charge in [-0.1, -0.05) is 11.6 Å². The summed E-state index contributed by atoms with van der Waals surface area (Å²) in [5.74, 6) is -0.208. The van der Waals surface area contributed by atoms with Gasteiger partial charge in [0.15, 0.2) is 11.6 Å². The lowest BCUT2D eigenvalue weighted by Gasteiger charge is -2.16. The Morgan fingerprint density at radius 2 is 2.14 bits per heavy atom. The molecule has 114 valence electrons. The number of aryl methyl sites for hydroxylation is 1. The average molecular weight is 334 g/mol. The molecule has 0 atom stereocenters. The Morgan fingerprint density at radius 3 is 2.71 bits per heavy atom. The number of benzene rings is 1. The van der Waals surface area contributed by atoms with Crippen molar-refractivity contribution in [3.05, 3.63) is 34.6 Å². The van der Waals surface area contributed by atoms with E-state index in [4.69, 9.17) is 17.3 Å². The van der Waals surface area contributed by atoms with Gasteiger partial charge in [-0.05, 0) is 19.1 Å². The molecule has 0 aliphatic carbocycles. The van der Waals surface area contributed by atoms with Gasteiger partial charge in [-0.3, -0.25) is 5.10 Å². The van der Waals surface area contributed by atoms with Crippen molar-refractivity contribution in [1.29, 1.82) is 0 Å². The van der Waals surface area contributed by atoms with Crippen LogP contribution >= 0.6 is 11.6 Å². The summed E-state index contributed by atoms with van der Waals surface area (Å²) in [5, 5.41) is 6.47. The summed E-state index contributed by atoms with van der Waals surface area (Å²) in [6, 6.07) is 2.16. The quantitative estimate of drug-likeness (QED) is 0.821. The summed E-state index contributed by atoms with van der Waals surface area (Å²) in [6.07, 6.45) is 0. The van der Waals surface area contributed by atoms with Crippen LogP contribution in [0.3, 0.4) is 0 Å². The Labute approximate surface area is 126 Å². The third-order valence-corrected chi connectivity index (χ3v) is 4.75. The number of halogens is 2. The van der Waals surface area contributed by atoms with Crippen LogP contribution in [0.5, 0.6) is 0 Å². The number of anilines is 1. The maximum atomic E-state index is 14.0. The lowest BCUT2D eigenvalue weighted by atomic mass is 10.3. The van der Waals surface area contributed by atoms with E-state index in [2.05, 4.69) is 15.2 Å². The number of sulfonamides is 1. The van der Waals surface area contributed by atoms with Gasteiger partial charge in [0.2, 0.25) is 10.0 Å². The van der Waals surface area contributed by atoms with Crippen LogP contribution in [0, 0.1) is 12.7 Å². The maximum absolute atomic E-state index is 14.0. The Bertz CT molecular complexity index is 777. The third kappa shape index (κ3) is 3.14. The molecule has 1 aromatic heterocycles. The molecular weight excluding hydrogens is 321 g/mol. The number of aromatic amines is 1. The first-order valence-electron chi connectivity index (χ1n) is 5.80. The van der Waals surface area contributed by atoms with Crippen molar-refractivity contribution >= 4 is 27.3 Å². The molecule has 0 aliphatic rings. The van der Waals surface area contributed by atoms with Gasteiger partial charge in [0, 0.05) is 12.1 Å². The predicted octanol–water partition coefficient (Wildman–Crippen LogP) is 1.31. The zero-order valence-electron chi connectivity index (χ0n) is 11.3. The zero-order valence-corrected chi connectivity index (χ0v) is 12.8. The smallest absolute Gasteiger partial charge is 0.246 e. The van der Waals surface area contributed by atoms with Crippen molar-refractivity contribution in [3.63, 3.8) is 0 Å². The molecule has 7 nitrogen and oxygen atoms in total. The first-order chi connectivity index (χ1) is 9.71.